The normalized spacial score (nSPS) is 23.8. The first kappa shape index (κ1) is 16.7. The fourth-order valence-electron chi connectivity index (χ4n) is 2.86. The van der Waals surface area contributed by atoms with Crippen molar-refractivity contribution in [2.75, 3.05) is 0 Å². The predicted octanol–water partition coefficient (Wildman–Crippen LogP) is 3.55. The number of rotatable bonds is 4. The van der Waals surface area contributed by atoms with Gasteiger partial charge in [-0.05, 0) is 50.5 Å². The smallest absolute Gasteiger partial charge is 0.172 e. The molecule has 2 aromatic rings. The molecule has 0 aromatic heterocycles. The largest absolute Gasteiger partial charge is 0.484 e. The van der Waals surface area contributed by atoms with Gasteiger partial charge in [-0.15, -0.1) is 0 Å². The molecule has 0 unspecified atom stereocenters. The average molecular weight is 331 g/mol. The summed E-state index contributed by atoms with van der Waals surface area (Å²) in [6.07, 6.45) is 1.21. The third-order valence-corrected chi connectivity index (χ3v) is 4.28. The molecular weight excluding hydrogens is 309 g/mol. The van der Waals surface area contributed by atoms with Crippen LogP contribution in [-0.4, -0.2) is 23.4 Å². The van der Waals surface area contributed by atoms with E-state index in [1.807, 2.05) is 31.2 Å². The SMILES string of the molecule is Cc1ccc(Oc2cc(F)ccc2O[C@@H]2CCC[C@@H](N)[C@H]2O)cc1. The van der Waals surface area contributed by atoms with Crippen molar-refractivity contribution in [3.63, 3.8) is 0 Å². The fourth-order valence-corrected chi connectivity index (χ4v) is 2.86. The lowest BCUT2D eigenvalue weighted by atomic mass is 9.90. The summed E-state index contributed by atoms with van der Waals surface area (Å²) in [5.74, 6) is 0.864. The van der Waals surface area contributed by atoms with Crippen molar-refractivity contribution in [1.82, 2.24) is 0 Å². The molecule has 1 aliphatic carbocycles. The molecule has 0 amide bonds. The van der Waals surface area contributed by atoms with Gasteiger partial charge in [-0.2, -0.15) is 0 Å². The highest BCUT2D eigenvalue weighted by atomic mass is 19.1. The minimum atomic E-state index is -0.740. The van der Waals surface area contributed by atoms with Crippen LogP contribution in [-0.2, 0) is 0 Å². The summed E-state index contributed by atoms with van der Waals surface area (Å²) >= 11 is 0. The van der Waals surface area contributed by atoms with E-state index in [4.69, 9.17) is 15.2 Å². The second-order valence-electron chi connectivity index (χ2n) is 6.25. The van der Waals surface area contributed by atoms with E-state index in [1.165, 1.54) is 18.2 Å². The van der Waals surface area contributed by atoms with Gasteiger partial charge in [-0.3, -0.25) is 0 Å². The third-order valence-electron chi connectivity index (χ3n) is 4.28. The zero-order chi connectivity index (χ0) is 17.1. The van der Waals surface area contributed by atoms with Crippen molar-refractivity contribution in [3.05, 3.63) is 53.8 Å². The molecule has 3 N–H and O–H groups in total. The first-order valence-electron chi connectivity index (χ1n) is 8.17. The lowest BCUT2D eigenvalue weighted by molar-refractivity contribution is -0.00676. The fraction of sp³-hybridized carbons (Fsp3) is 0.368. The number of aliphatic hydroxyl groups excluding tert-OH is 1. The highest BCUT2D eigenvalue weighted by molar-refractivity contribution is 5.43. The lowest BCUT2D eigenvalue weighted by Crippen LogP contribution is -2.48. The maximum Gasteiger partial charge on any atom is 0.172 e. The van der Waals surface area contributed by atoms with Crippen LogP contribution >= 0.6 is 0 Å². The highest BCUT2D eigenvalue weighted by Gasteiger charge is 2.31. The van der Waals surface area contributed by atoms with E-state index in [2.05, 4.69) is 0 Å². The predicted molar refractivity (Wildman–Crippen MR) is 89.9 cm³/mol. The summed E-state index contributed by atoms with van der Waals surface area (Å²) in [5, 5.41) is 10.2. The van der Waals surface area contributed by atoms with Gasteiger partial charge in [-0.25, -0.2) is 4.39 Å². The van der Waals surface area contributed by atoms with Crippen molar-refractivity contribution in [2.45, 2.75) is 44.4 Å². The lowest BCUT2D eigenvalue weighted by Gasteiger charge is -2.33. The number of nitrogens with two attached hydrogens (primary N) is 1. The van der Waals surface area contributed by atoms with E-state index in [1.54, 1.807) is 0 Å². The van der Waals surface area contributed by atoms with Gasteiger partial charge in [0.05, 0.1) is 0 Å². The van der Waals surface area contributed by atoms with Crippen molar-refractivity contribution in [2.24, 2.45) is 5.73 Å². The molecule has 24 heavy (non-hydrogen) atoms. The molecule has 3 rings (SSSR count). The Morgan fingerprint density at radius 3 is 2.58 bits per heavy atom. The standard InChI is InChI=1S/C19H22FNO3/c1-12-5-8-14(9-6-12)23-18-11-13(20)7-10-16(18)24-17-4-2-3-15(21)19(17)22/h5-11,15,17,19,22H,2-4,21H2,1H3/t15-,17-,19-/m1/s1. The third kappa shape index (κ3) is 3.86. The topological polar surface area (TPSA) is 64.7 Å². The van der Waals surface area contributed by atoms with Crippen LogP contribution in [0.4, 0.5) is 4.39 Å². The second-order valence-corrected chi connectivity index (χ2v) is 6.25. The average Bonchev–Trinajstić information content (AvgIpc) is 2.56. The molecular formula is C19H22FNO3. The van der Waals surface area contributed by atoms with Crippen LogP contribution in [0, 0.1) is 12.7 Å². The zero-order valence-electron chi connectivity index (χ0n) is 13.6. The Labute approximate surface area is 141 Å². The van der Waals surface area contributed by atoms with Crippen LogP contribution < -0.4 is 15.2 Å². The summed E-state index contributed by atoms with van der Waals surface area (Å²) < 4.78 is 25.3. The van der Waals surface area contributed by atoms with Crippen LogP contribution in [0.15, 0.2) is 42.5 Å². The highest BCUT2D eigenvalue weighted by Crippen LogP contribution is 2.35. The van der Waals surface area contributed by atoms with Gasteiger partial charge in [0.25, 0.3) is 0 Å². The molecule has 0 heterocycles. The maximum absolute atomic E-state index is 13.6. The molecule has 128 valence electrons. The molecule has 3 atom stereocenters. The Morgan fingerprint density at radius 2 is 1.83 bits per heavy atom. The van der Waals surface area contributed by atoms with Crippen LogP contribution in [0.25, 0.3) is 0 Å². The Bertz CT molecular complexity index is 690. The van der Waals surface area contributed by atoms with Gasteiger partial charge < -0.3 is 20.3 Å². The molecule has 0 radical (unpaired) electrons. The van der Waals surface area contributed by atoms with Crippen molar-refractivity contribution in [3.8, 4) is 17.2 Å². The Kier molecular flexibility index (Phi) is 5.02. The molecule has 2 aromatic carbocycles. The minimum Gasteiger partial charge on any atom is -0.484 e. The maximum atomic E-state index is 13.6. The van der Waals surface area contributed by atoms with Gasteiger partial charge >= 0.3 is 0 Å². The molecule has 0 aliphatic heterocycles. The number of halogens is 1. The van der Waals surface area contributed by atoms with Crippen molar-refractivity contribution >= 4 is 0 Å². The molecule has 0 saturated heterocycles. The number of hydrogen-bond donors (Lipinski definition) is 2. The van der Waals surface area contributed by atoms with Crippen LogP contribution in [0.3, 0.4) is 0 Å². The number of aliphatic hydroxyl groups is 1. The van der Waals surface area contributed by atoms with Gasteiger partial charge in [0.15, 0.2) is 11.5 Å². The molecule has 4 nitrogen and oxygen atoms in total. The summed E-state index contributed by atoms with van der Waals surface area (Å²) in [7, 11) is 0. The van der Waals surface area contributed by atoms with Crippen LogP contribution in [0.5, 0.6) is 17.2 Å². The van der Waals surface area contributed by atoms with E-state index >= 15 is 0 Å². The second kappa shape index (κ2) is 7.20. The first-order valence-corrected chi connectivity index (χ1v) is 8.17. The minimum absolute atomic E-state index is 0.283. The van der Waals surface area contributed by atoms with E-state index < -0.39 is 18.0 Å². The monoisotopic (exact) mass is 331 g/mol. The van der Waals surface area contributed by atoms with E-state index in [0.717, 1.165) is 18.4 Å². The van der Waals surface area contributed by atoms with E-state index in [9.17, 15) is 9.50 Å². The summed E-state index contributed by atoms with van der Waals surface area (Å²) in [6.45, 7) is 1.98. The van der Waals surface area contributed by atoms with Crippen molar-refractivity contribution < 1.29 is 19.0 Å². The number of ether oxygens (including phenoxy) is 2. The first-order chi connectivity index (χ1) is 11.5. The molecule has 1 fully saturated rings. The van der Waals surface area contributed by atoms with E-state index in [0.29, 0.717) is 17.9 Å². The van der Waals surface area contributed by atoms with Gasteiger partial charge in [0, 0.05) is 12.1 Å². The van der Waals surface area contributed by atoms with Crippen molar-refractivity contribution in [1.29, 1.82) is 0 Å². The van der Waals surface area contributed by atoms with Gasteiger partial charge in [-0.1, -0.05) is 17.7 Å². The number of hydrogen-bond acceptors (Lipinski definition) is 4. The molecule has 0 bridgehead atoms. The summed E-state index contributed by atoms with van der Waals surface area (Å²) in [5.41, 5.74) is 7.01. The van der Waals surface area contributed by atoms with Gasteiger partial charge in [0.2, 0.25) is 0 Å². The molecule has 5 heteroatoms. The summed E-state index contributed by atoms with van der Waals surface area (Å²) in [4.78, 5) is 0. The van der Waals surface area contributed by atoms with E-state index in [-0.39, 0.29) is 11.8 Å². The van der Waals surface area contributed by atoms with Crippen LogP contribution in [0.1, 0.15) is 24.8 Å². The summed E-state index contributed by atoms with van der Waals surface area (Å²) in [6, 6.07) is 11.3. The Morgan fingerprint density at radius 1 is 1.08 bits per heavy atom. The van der Waals surface area contributed by atoms with Gasteiger partial charge in [0.1, 0.15) is 23.8 Å². The van der Waals surface area contributed by atoms with Crippen LogP contribution in [0.2, 0.25) is 0 Å². The Hall–Kier alpha value is -2.11. The number of aryl methyl sites for hydroxylation is 1. The molecule has 0 spiro atoms. The molecule has 1 saturated carbocycles. The zero-order valence-corrected chi connectivity index (χ0v) is 13.6. The Balaban J connectivity index is 1.81. The molecule has 1 aliphatic rings. The number of benzene rings is 2. The quantitative estimate of drug-likeness (QED) is 0.899.